The van der Waals surface area contributed by atoms with Gasteiger partial charge in [0, 0.05) is 0 Å². The molecule has 0 aliphatic rings. The highest BCUT2D eigenvalue weighted by Gasteiger charge is 2.29. The van der Waals surface area contributed by atoms with Gasteiger partial charge in [-0.15, -0.1) is 0 Å². The average molecular weight is 178 g/mol. The van der Waals surface area contributed by atoms with Gasteiger partial charge in [-0.3, -0.25) is 4.70 Å². The second-order valence-electron chi connectivity index (χ2n) is 2.36. The molecular weight excluding hydrogens is 171 g/mol. The maximum absolute atomic E-state index is 11.9. The zero-order valence-electron chi connectivity index (χ0n) is 6.35. The third-order valence-electron chi connectivity index (χ3n) is 1.38. The Kier molecular flexibility index (Phi) is 3.30. The minimum absolute atomic E-state index is 0. The Hall–Kier alpha value is -0.995. The molecule has 0 saturated heterocycles. The van der Waals surface area contributed by atoms with Crippen molar-refractivity contribution in [3.63, 3.8) is 0 Å². The van der Waals surface area contributed by atoms with Crippen molar-refractivity contribution < 1.29 is 17.9 Å². The first-order chi connectivity index (χ1) is 5.00. The summed E-state index contributed by atoms with van der Waals surface area (Å²) in [5.41, 5.74) is 0.237. The van der Waals surface area contributed by atoms with E-state index in [0.717, 1.165) is 17.6 Å². The molecule has 0 bridgehead atoms. The van der Waals surface area contributed by atoms with Gasteiger partial charge in [-0.25, -0.2) is 0 Å². The summed E-state index contributed by atoms with van der Waals surface area (Å²) in [6.45, 7) is 0. The van der Waals surface area contributed by atoms with Crippen LogP contribution in [0.2, 0.25) is 0 Å². The number of hydrogen-bond donors (Lipinski definition) is 0. The molecule has 0 N–H and O–H groups in total. The molecule has 0 amide bonds. The molecular formula is C7H7BF4. The monoisotopic (exact) mass is 178 g/mol. The SMILES string of the molecule is Bc1ccc(C(F)(F)F)cc1.F. The van der Waals surface area contributed by atoms with Crippen molar-refractivity contribution in [2.45, 2.75) is 6.18 Å². The van der Waals surface area contributed by atoms with Crippen molar-refractivity contribution >= 4 is 13.3 Å². The van der Waals surface area contributed by atoms with Gasteiger partial charge in [-0.2, -0.15) is 13.2 Å². The van der Waals surface area contributed by atoms with Crippen molar-refractivity contribution in [3.05, 3.63) is 29.8 Å². The van der Waals surface area contributed by atoms with Gasteiger partial charge in [0.05, 0.1) is 5.56 Å². The average Bonchev–Trinajstić information content (AvgIpc) is 1.86. The van der Waals surface area contributed by atoms with Crippen molar-refractivity contribution in [1.82, 2.24) is 0 Å². The van der Waals surface area contributed by atoms with Crippen LogP contribution in [0.15, 0.2) is 24.3 Å². The van der Waals surface area contributed by atoms with E-state index in [1.807, 2.05) is 0 Å². The quantitative estimate of drug-likeness (QED) is 0.412. The van der Waals surface area contributed by atoms with Crippen LogP contribution in [0.3, 0.4) is 0 Å². The molecule has 0 heterocycles. The summed E-state index contributed by atoms with van der Waals surface area (Å²) in [7, 11) is 1.75. The van der Waals surface area contributed by atoms with E-state index in [2.05, 4.69) is 0 Å². The van der Waals surface area contributed by atoms with E-state index in [0.29, 0.717) is 0 Å². The van der Waals surface area contributed by atoms with Gasteiger partial charge in [0.25, 0.3) is 0 Å². The predicted octanol–water partition coefficient (Wildman–Crippen LogP) is 1.12. The predicted molar refractivity (Wildman–Crippen MR) is 42.1 cm³/mol. The van der Waals surface area contributed by atoms with Gasteiger partial charge >= 0.3 is 6.18 Å². The zero-order chi connectivity index (χ0) is 8.48. The van der Waals surface area contributed by atoms with Crippen LogP contribution in [0, 0.1) is 0 Å². The molecule has 12 heavy (non-hydrogen) atoms. The third kappa shape index (κ3) is 2.56. The molecule has 0 aliphatic heterocycles. The van der Waals surface area contributed by atoms with Crippen molar-refractivity contribution in [3.8, 4) is 0 Å². The molecule has 0 aliphatic carbocycles. The minimum atomic E-state index is -4.21. The van der Waals surface area contributed by atoms with Crippen molar-refractivity contribution in [2.75, 3.05) is 0 Å². The highest BCUT2D eigenvalue weighted by Crippen LogP contribution is 2.27. The third-order valence-corrected chi connectivity index (χ3v) is 1.38. The van der Waals surface area contributed by atoms with Gasteiger partial charge in [-0.1, -0.05) is 29.7 Å². The van der Waals surface area contributed by atoms with E-state index in [1.165, 1.54) is 12.1 Å². The number of benzene rings is 1. The molecule has 0 fully saturated rings. The summed E-state index contributed by atoms with van der Waals surface area (Å²) in [5.74, 6) is 0. The molecule has 5 heteroatoms. The lowest BCUT2D eigenvalue weighted by Crippen LogP contribution is -2.08. The Bertz CT molecular complexity index is 239. The van der Waals surface area contributed by atoms with Crippen LogP contribution in [0.4, 0.5) is 17.9 Å². The topological polar surface area (TPSA) is 0 Å². The first-order valence-corrected chi connectivity index (χ1v) is 3.14. The lowest BCUT2D eigenvalue weighted by atomic mass is 9.95. The van der Waals surface area contributed by atoms with E-state index < -0.39 is 11.7 Å². The Morgan fingerprint density at radius 1 is 1.00 bits per heavy atom. The van der Waals surface area contributed by atoms with E-state index in [9.17, 15) is 13.2 Å². The lowest BCUT2D eigenvalue weighted by molar-refractivity contribution is -0.137. The molecule has 66 valence electrons. The van der Waals surface area contributed by atoms with Crippen LogP contribution >= 0.6 is 0 Å². The fourth-order valence-corrected chi connectivity index (χ4v) is 0.743. The largest absolute Gasteiger partial charge is 0.416 e. The summed E-state index contributed by atoms with van der Waals surface area (Å²) in [4.78, 5) is 0. The molecule has 0 radical (unpaired) electrons. The van der Waals surface area contributed by atoms with Gasteiger partial charge in [0.15, 0.2) is 0 Å². The molecule has 0 aromatic heterocycles. The molecule has 0 nitrogen and oxygen atoms in total. The van der Waals surface area contributed by atoms with Gasteiger partial charge in [-0.05, 0) is 0 Å². The Labute approximate surface area is 68.2 Å². The molecule has 0 spiro atoms. The van der Waals surface area contributed by atoms with E-state index in [-0.39, 0.29) is 4.70 Å². The normalized spacial score (nSPS) is 10.6. The van der Waals surface area contributed by atoms with Gasteiger partial charge in [0.2, 0.25) is 0 Å². The van der Waals surface area contributed by atoms with Crippen LogP contribution in [0.5, 0.6) is 0 Å². The lowest BCUT2D eigenvalue weighted by Gasteiger charge is -2.05. The summed E-state index contributed by atoms with van der Waals surface area (Å²) < 4.78 is 35.8. The van der Waals surface area contributed by atoms with Crippen LogP contribution in [0.25, 0.3) is 0 Å². The molecule has 1 rings (SSSR count). The second kappa shape index (κ2) is 3.60. The summed E-state index contributed by atoms with van der Waals surface area (Å²) in [6, 6.07) is 5.05. The van der Waals surface area contributed by atoms with E-state index in [4.69, 9.17) is 0 Å². The summed E-state index contributed by atoms with van der Waals surface area (Å²) in [5, 5.41) is 0. The summed E-state index contributed by atoms with van der Waals surface area (Å²) >= 11 is 0. The molecule has 0 saturated carbocycles. The van der Waals surface area contributed by atoms with Crippen molar-refractivity contribution in [1.29, 1.82) is 0 Å². The van der Waals surface area contributed by atoms with Crippen LogP contribution in [-0.2, 0) is 6.18 Å². The number of halogens is 4. The van der Waals surface area contributed by atoms with Crippen LogP contribution in [0.1, 0.15) is 5.56 Å². The number of hydrogen-bond acceptors (Lipinski definition) is 0. The van der Waals surface area contributed by atoms with Crippen LogP contribution < -0.4 is 5.46 Å². The molecule has 0 unspecified atom stereocenters. The maximum Gasteiger partial charge on any atom is 0.416 e. The zero-order valence-corrected chi connectivity index (χ0v) is 6.35. The number of alkyl halides is 3. The molecule has 1 aromatic rings. The first-order valence-electron chi connectivity index (χ1n) is 3.14. The Morgan fingerprint density at radius 3 is 1.75 bits per heavy atom. The standard InChI is InChI=1S/C7H6BF3.FH/c8-6-3-1-5(2-4-6)7(9,10)11;/h1-4H,8H2;1H. The highest BCUT2D eigenvalue weighted by molar-refractivity contribution is 6.32. The van der Waals surface area contributed by atoms with Gasteiger partial charge in [0.1, 0.15) is 7.85 Å². The number of rotatable bonds is 0. The van der Waals surface area contributed by atoms with E-state index >= 15 is 0 Å². The Balaban J connectivity index is 0.00000121. The van der Waals surface area contributed by atoms with E-state index in [1.54, 1.807) is 7.85 Å². The second-order valence-corrected chi connectivity index (χ2v) is 2.36. The molecule has 0 atom stereocenters. The van der Waals surface area contributed by atoms with Crippen molar-refractivity contribution in [2.24, 2.45) is 0 Å². The fraction of sp³-hybridized carbons (Fsp3) is 0.143. The smallest absolute Gasteiger partial charge is 0.269 e. The first kappa shape index (κ1) is 11.0. The fourth-order valence-electron chi connectivity index (χ4n) is 0.743. The highest BCUT2D eigenvalue weighted by atomic mass is 19.4. The van der Waals surface area contributed by atoms with Gasteiger partial charge < -0.3 is 0 Å². The summed E-state index contributed by atoms with van der Waals surface area (Å²) in [6.07, 6.45) is -4.21. The maximum atomic E-state index is 11.9. The Morgan fingerprint density at radius 2 is 1.42 bits per heavy atom. The molecule has 1 aromatic carbocycles. The van der Waals surface area contributed by atoms with Crippen LogP contribution in [-0.4, -0.2) is 7.85 Å². The minimum Gasteiger partial charge on any atom is -0.269 e.